The predicted octanol–water partition coefficient (Wildman–Crippen LogP) is 1.31. The fourth-order valence-corrected chi connectivity index (χ4v) is 1.13. The number of hydrogen-bond acceptors (Lipinski definition) is 2. The third-order valence-corrected chi connectivity index (χ3v) is 1.84. The summed E-state index contributed by atoms with van der Waals surface area (Å²) in [4.78, 5) is 22.1. The molecule has 0 bridgehead atoms. The number of carbonyl (C=O) groups excluding carboxylic acids is 2. The van der Waals surface area contributed by atoms with Gasteiger partial charge in [0.15, 0.2) is 5.78 Å². The Morgan fingerprint density at radius 3 is 2.64 bits per heavy atom. The number of rotatable bonds is 3. The Bertz CT molecular complexity index is 358. The molecule has 3 nitrogen and oxygen atoms in total. The Balaban J connectivity index is 2.65. The summed E-state index contributed by atoms with van der Waals surface area (Å²) in [7, 11) is 0. The van der Waals surface area contributed by atoms with Gasteiger partial charge in [-0.15, -0.1) is 0 Å². The lowest BCUT2D eigenvalue weighted by atomic mass is 10.1. The molecule has 0 aliphatic heterocycles. The third kappa shape index (κ3) is 3.01. The van der Waals surface area contributed by atoms with E-state index in [1.54, 1.807) is 6.07 Å². The molecule has 0 atom stereocenters. The van der Waals surface area contributed by atoms with Gasteiger partial charge in [-0.1, -0.05) is 23.8 Å². The Labute approximate surface area is 83.1 Å². The minimum atomic E-state index is -0.189. The van der Waals surface area contributed by atoms with Crippen LogP contribution in [0.15, 0.2) is 24.3 Å². The number of amides is 1. The lowest BCUT2D eigenvalue weighted by molar-refractivity contribution is -0.118. The number of aryl methyl sites for hydroxylation is 1. The molecule has 0 aliphatic rings. The van der Waals surface area contributed by atoms with Crippen molar-refractivity contribution >= 4 is 11.7 Å². The summed E-state index contributed by atoms with van der Waals surface area (Å²) in [5.41, 5.74) is 1.68. The van der Waals surface area contributed by atoms with Crippen molar-refractivity contribution in [1.82, 2.24) is 5.32 Å². The van der Waals surface area contributed by atoms with Crippen molar-refractivity contribution in [2.24, 2.45) is 0 Å². The van der Waals surface area contributed by atoms with E-state index >= 15 is 0 Å². The molecule has 1 N–H and O–H groups in total. The summed E-state index contributed by atoms with van der Waals surface area (Å²) < 4.78 is 0. The largest absolute Gasteiger partial charge is 0.349 e. The normalized spacial score (nSPS) is 9.57. The Morgan fingerprint density at radius 1 is 1.36 bits per heavy atom. The maximum Gasteiger partial charge on any atom is 0.217 e. The highest BCUT2D eigenvalue weighted by molar-refractivity contribution is 5.99. The number of nitrogens with one attached hydrogen (secondary N) is 1. The summed E-state index contributed by atoms with van der Waals surface area (Å²) in [5, 5.41) is 2.47. The van der Waals surface area contributed by atoms with Gasteiger partial charge in [0.05, 0.1) is 6.54 Å². The molecule has 0 saturated carbocycles. The smallest absolute Gasteiger partial charge is 0.217 e. The second kappa shape index (κ2) is 4.56. The Morgan fingerprint density at radius 2 is 2.07 bits per heavy atom. The van der Waals surface area contributed by atoms with E-state index in [4.69, 9.17) is 0 Å². The zero-order valence-electron chi connectivity index (χ0n) is 8.33. The van der Waals surface area contributed by atoms with Crippen LogP contribution in [-0.4, -0.2) is 18.2 Å². The van der Waals surface area contributed by atoms with Crippen LogP contribution in [0, 0.1) is 6.92 Å². The first-order chi connectivity index (χ1) is 6.59. The van der Waals surface area contributed by atoms with Gasteiger partial charge in [0, 0.05) is 12.5 Å². The zero-order chi connectivity index (χ0) is 10.6. The van der Waals surface area contributed by atoms with E-state index in [2.05, 4.69) is 5.32 Å². The molecule has 3 heteroatoms. The molecule has 0 fully saturated rings. The lowest BCUT2D eigenvalue weighted by Crippen LogP contribution is -2.27. The molecule has 0 aliphatic carbocycles. The molecule has 1 amide bonds. The molecule has 0 spiro atoms. The van der Waals surface area contributed by atoms with Gasteiger partial charge in [-0.3, -0.25) is 9.59 Å². The summed E-state index contributed by atoms with van der Waals surface area (Å²) in [6, 6.07) is 7.31. The number of carbonyl (C=O) groups is 2. The van der Waals surface area contributed by atoms with E-state index < -0.39 is 0 Å². The SMILES string of the molecule is CC(=O)NCC(=O)c1cccc(C)c1. The maximum absolute atomic E-state index is 11.5. The van der Waals surface area contributed by atoms with Crippen molar-refractivity contribution in [3.05, 3.63) is 35.4 Å². The van der Waals surface area contributed by atoms with Crippen molar-refractivity contribution in [2.75, 3.05) is 6.54 Å². The van der Waals surface area contributed by atoms with Crippen molar-refractivity contribution in [1.29, 1.82) is 0 Å². The zero-order valence-corrected chi connectivity index (χ0v) is 8.33. The molecule has 0 heterocycles. The van der Waals surface area contributed by atoms with Gasteiger partial charge >= 0.3 is 0 Å². The summed E-state index contributed by atoms with van der Waals surface area (Å²) in [6.07, 6.45) is 0. The summed E-state index contributed by atoms with van der Waals surface area (Å²) in [6.45, 7) is 3.39. The second-order valence-electron chi connectivity index (χ2n) is 3.20. The first-order valence-electron chi connectivity index (χ1n) is 4.44. The minimum Gasteiger partial charge on any atom is -0.349 e. The van der Waals surface area contributed by atoms with Crippen molar-refractivity contribution in [3.63, 3.8) is 0 Å². The van der Waals surface area contributed by atoms with Gasteiger partial charge in [0.2, 0.25) is 5.91 Å². The van der Waals surface area contributed by atoms with Crippen LogP contribution in [0.1, 0.15) is 22.8 Å². The first-order valence-corrected chi connectivity index (χ1v) is 4.44. The van der Waals surface area contributed by atoms with Crippen LogP contribution in [0.4, 0.5) is 0 Å². The fourth-order valence-electron chi connectivity index (χ4n) is 1.13. The molecule has 0 saturated heterocycles. The quantitative estimate of drug-likeness (QED) is 0.732. The molecule has 74 valence electrons. The van der Waals surface area contributed by atoms with Crippen LogP contribution in [-0.2, 0) is 4.79 Å². The van der Waals surface area contributed by atoms with Gasteiger partial charge < -0.3 is 5.32 Å². The molecule has 1 rings (SSSR count). The van der Waals surface area contributed by atoms with E-state index in [1.165, 1.54) is 6.92 Å². The first kappa shape index (κ1) is 10.4. The highest BCUT2D eigenvalue weighted by atomic mass is 16.2. The van der Waals surface area contributed by atoms with Gasteiger partial charge in [-0.05, 0) is 13.0 Å². The van der Waals surface area contributed by atoms with E-state index in [9.17, 15) is 9.59 Å². The molecule has 0 aromatic heterocycles. The van der Waals surface area contributed by atoms with Crippen LogP contribution >= 0.6 is 0 Å². The van der Waals surface area contributed by atoms with Crippen LogP contribution in [0.3, 0.4) is 0 Å². The topological polar surface area (TPSA) is 46.2 Å². The van der Waals surface area contributed by atoms with E-state index in [1.807, 2.05) is 25.1 Å². The van der Waals surface area contributed by atoms with Crippen LogP contribution in [0.2, 0.25) is 0 Å². The molecule has 0 radical (unpaired) electrons. The minimum absolute atomic E-state index is 0.0658. The van der Waals surface area contributed by atoms with Gasteiger partial charge in [-0.25, -0.2) is 0 Å². The average molecular weight is 191 g/mol. The van der Waals surface area contributed by atoms with E-state index in [0.717, 1.165) is 5.56 Å². The van der Waals surface area contributed by atoms with Crippen molar-refractivity contribution < 1.29 is 9.59 Å². The van der Waals surface area contributed by atoms with Crippen LogP contribution < -0.4 is 5.32 Å². The molecular weight excluding hydrogens is 178 g/mol. The maximum atomic E-state index is 11.5. The predicted molar refractivity (Wildman–Crippen MR) is 54.2 cm³/mol. The number of Topliss-reactive ketones (excluding diaryl/α,β-unsaturated/α-hetero) is 1. The van der Waals surface area contributed by atoms with Gasteiger partial charge in [0.1, 0.15) is 0 Å². The molecule has 14 heavy (non-hydrogen) atoms. The monoisotopic (exact) mass is 191 g/mol. The van der Waals surface area contributed by atoms with Crippen molar-refractivity contribution in [2.45, 2.75) is 13.8 Å². The summed E-state index contributed by atoms with van der Waals surface area (Å²) in [5.74, 6) is -0.255. The second-order valence-corrected chi connectivity index (χ2v) is 3.20. The Kier molecular flexibility index (Phi) is 3.40. The number of ketones is 1. The highest BCUT2D eigenvalue weighted by Crippen LogP contribution is 2.04. The number of benzene rings is 1. The number of hydrogen-bond donors (Lipinski definition) is 1. The highest BCUT2D eigenvalue weighted by Gasteiger charge is 2.05. The van der Waals surface area contributed by atoms with E-state index in [0.29, 0.717) is 5.56 Å². The molecule has 1 aromatic carbocycles. The molecule has 1 aromatic rings. The van der Waals surface area contributed by atoms with E-state index in [-0.39, 0.29) is 18.2 Å². The average Bonchev–Trinajstić information content (AvgIpc) is 2.14. The third-order valence-electron chi connectivity index (χ3n) is 1.84. The van der Waals surface area contributed by atoms with Gasteiger partial charge in [0.25, 0.3) is 0 Å². The standard InChI is InChI=1S/C11H13NO2/c1-8-4-3-5-10(6-8)11(14)7-12-9(2)13/h3-6H,7H2,1-2H3,(H,12,13). The van der Waals surface area contributed by atoms with Crippen LogP contribution in [0.5, 0.6) is 0 Å². The lowest BCUT2D eigenvalue weighted by Gasteiger charge is -2.02. The molecular formula is C11H13NO2. The van der Waals surface area contributed by atoms with Gasteiger partial charge in [-0.2, -0.15) is 0 Å². The summed E-state index contributed by atoms with van der Waals surface area (Å²) >= 11 is 0. The van der Waals surface area contributed by atoms with Crippen molar-refractivity contribution in [3.8, 4) is 0 Å². The van der Waals surface area contributed by atoms with Crippen LogP contribution in [0.25, 0.3) is 0 Å². The Hall–Kier alpha value is -1.64. The fraction of sp³-hybridized carbons (Fsp3) is 0.273. The molecule has 0 unspecified atom stereocenters.